The van der Waals surface area contributed by atoms with Crippen LogP contribution in [-0.4, -0.2) is 72.3 Å². The first kappa shape index (κ1) is 26.0. The van der Waals surface area contributed by atoms with Crippen molar-refractivity contribution in [2.75, 3.05) is 33.3 Å². The number of hydrazone groups is 1. The molecule has 192 valence electrons. The first-order valence-corrected chi connectivity index (χ1v) is 12.5. The molecule has 36 heavy (non-hydrogen) atoms. The van der Waals surface area contributed by atoms with Gasteiger partial charge in [0.05, 0.1) is 18.9 Å². The number of hydrogen-bond acceptors (Lipinski definition) is 6. The molecular weight excluding hydrogens is 454 g/mol. The maximum Gasteiger partial charge on any atom is 0.256 e. The number of benzene rings is 2. The summed E-state index contributed by atoms with van der Waals surface area (Å²) < 4.78 is 5.95. The van der Waals surface area contributed by atoms with Gasteiger partial charge in [0, 0.05) is 38.6 Å². The first-order valence-electron chi connectivity index (χ1n) is 12.5. The Labute approximate surface area is 213 Å². The van der Waals surface area contributed by atoms with Crippen molar-refractivity contribution in [3.05, 3.63) is 71.8 Å². The minimum absolute atomic E-state index is 0.0632. The molecule has 2 heterocycles. The zero-order chi connectivity index (χ0) is 25.8. The number of amides is 2. The van der Waals surface area contributed by atoms with Crippen molar-refractivity contribution in [3.63, 3.8) is 0 Å². The van der Waals surface area contributed by atoms with Gasteiger partial charge in [0.2, 0.25) is 5.91 Å². The number of nitrogens with one attached hydrogen (secondary N) is 1. The molecule has 0 aliphatic carbocycles. The van der Waals surface area contributed by atoms with Gasteiger partial charge >= 0.3 is 0 Å². The fraction of sp³-hybridized carbons (Fsp3) is 0.464. The Bertz CT molecular complexity index is 1080. The van der Waals surface area contributed by atoms with E-state index in [2.05, 4.69) is 10.4 Å². The van der Waals surface area contributed by atoms with E-state index in [4.69, 9.17) is 10.5 Å². The van der Waals surface area contributed by atoms with Crippen LogP contribution >= 0.6 is 0 Å². The second kappa shape index (κ2) is 10.9. The standard InChI is InChI=1S/C28H37N5O3/c1-27(2,29)19-30-23(18-36-17-22-12-8-5-9-13-22)25(34)33-15-14-24-28(20-33,26(35)32(3)31-24)16-21-10-6-4-7-11-21/h4-13,23,30H,14-20,29H2,1-3H3/t23-,28-/m1/s1. The van der Waals surface area contributed by atoms with Gasteiger partial charge in [-0.3, -0.25) is 9.59 Å². The first-order chi connectivity index (χ1) is 17.2. The lowest BCUT2D eigenvalue weighted by Gasteiger charge is -2.41. The average molecular weight is 492 g/mol. The van der Waals surface area contributed by atoms with Gasteiger partial charge in [-0.15, -0.1) is 0 Å². The Balaban J connectivity index is 1.51. The smallest absolute Gasteiger partial charge is 0.256 e. The number of carbonyl (C=O) groups excluding carboxylic acids is 2. The van der Waals surface area contributed by atoms with E-state index in [0.29, 0.717) is 39.1 Å². The third kappa shape index (κ3) is 6.00. The fourth-order valence-electron chi connectivity index (χ4n) is 4.91. The molecule has 0 spiro atoms. The Hall–Kier alpha value is -3.07. The molecule has 0 saturated carbocycles. The highest BCUT2D eigenvalue weighted by Gasteiger charge is 2.53. The quantitative estimate of drug-likeness (QED) is 0.531. The molecule has 3 N–H and O–H groups in total. The van der Waals surface area contributed by atoms with Crippen molar-refractivity contribution in [3.8, 4) is 0 Å². The summed E-state index contributed by atoms with van der Waals surface area (Å²) in [6.45, 7) is 5.71. The highest BCUT2D eigenvalue weighted by Crippen LogP contribution is 2.38. The molecule has 4 rings (SSSR count). The number of ether oxygens (including phenoxy) is 1. The summed E-state index contributed by atoms with van der Waals surface area (Å²) in [7, 11) is 1.69. The minimum atomic E-state index is -0.841. The van der Waals surface area contributed by atoms with E-state index in [-0.39, 0.29) is 18.4 Å². The van der Waals surface area contributed by atoms with Gasteiger partial charge in [0.15, 0.2) is 0 Å². The number of rotatable bonds is 10. The van der Waals surface area contributed by atoms with Crippen LogP contribution in [0.15, 0.2) is 65.8 Å². The number of fused-ring (bicyclic) bond motifs is 1. The summed E-state index contributed by atoms with van der Waals surface area (Å²) in [5.74, 6) is -0.145. The molecule has 1 saturated heterocycles. The minimum Gasteiger partial charge on any atom is -0.375 e. The molecule has 0 bridgehead atoms. The summed E-state index contributed by atoms with van der Waals surface area (Å²) in [4.78, 5) is 29.0. The van der Waals surface area contributed by atoms with Crippen molar-refractivity contribution in [2.24, 2.45) is 16.3 Å². The summed E-state index contributed by atoms with van der Waals surface area (Å²) in [6, 6.07) is 19.2. The molecule has 8 nitrogen and oxygen atoms in total. The fourth-order valence-corrected chi connectivity index (χ4v) is 4.91. The maximum atomic E-state index is 13.8. The maximum absolute atomic E-state index is 13.8. The van der Waals surface area contributed by atoms with E-state index < -0.39 is 17.0 Å². The molecule has 2 atom stereocenters. The van der Waals surface area contributed by atoms with Crippen LogP contribution in [0.1, 0.15) is 31.4 Å². The van der Waals surface area contributed by atoms with Crippen molar-refractivity contribution in [1.82, 2.24) is 15.2 Å². The van der Waals surface area contributed by atoms with Crippen LogP contribution in [-0.2, 0) is 27.4 Å². The lowest BCUT2D eigenvalue weighted by Crippen LogP contribution is -2.60. The number of likely N-dealkylation sites (tertiary alicyclic amines) is 1. The van der Waals surface area contributed by atoms with Crippen molar-refractivity contribution < 1.29 is 14.3 Å². The monoisotopic (exact) mass is 491 g/mol. The number of hydrogen-bond donors (Lipinski definition) is 2. The van der Waals surface area contributed by atoms with E-state index in [9.17, 15) is 9.59 Å². The van der Waals surface area contributed by atoms with Crippen LogP contribution in [0.3, 0.4) is 0 Å². The molecule has 2 aromatic rings. The van der Waals surface area contributed by atoms with Crippen LogP contribution in [0.5, 0.6) is 0 Å². The van der Waals surface area contributed by atoms with Gasteiger partial charge in [0.1, 0.15) is 11.5 Å². The van der Waals surface area contributed by atoms with Crippen LogP contribution in [0.25, 0.3) is 0 Å². The molecule has 2 aliphatic rings. The Morgan fingerprint density at radius 3 is 2.42 bits per heavy atom. The lowest BCUT2D eigenvalue weighted by molar-refractivity contribution is -0.141. The second-order valence-electron chi connectivity index (χ2n) is 10.6. The van der Waals surface area contributed by atoms with Gasteiger partial charge < -0.3 is 20.7 Å². The van der Waals surface area contributed by atoms with Gasteiger partial charge in [-0.05, 0) is 31.4 Å². The number of carbonyl (C=O) groups is 2. The molecule has 0 unspecified atom stereocenters. The van der Waals surface area contributed by atoms with Gasteiger partial charge in [0.25, 0.3) is 5.91 Å². The van der Waals surface area contributed by atoms with Crippen LogP contribution in [0, 0.1) is 5.41 Å². The second-order valence-corrected chi connectivity index (χ2v) is 10.6. The average Bonchev–Trinajstić information content (AvgIpc) is 3.10. The molecule has 0 aromatic heterocycles. The number of piperidine rings is 1. The zero-order valence-corrected chi connectivity index (χ0v) is 21.4. The van der Waals surface area contributed by atoms with Crippen LogP contribution < -0.4 is 11.1 Å². The molecular formula is C28H37N5O3. The van der Waals surface area contributed by atoms with E-state index in [0.717, 1.165) is 16.8 Å². The Morgan fingerprint density at radius 1 is 1.14 bits per heavy atom. The molecule has 1 fully saturated rings. The molecule has 2 aliphatic heterocycles. The summed E-state index contributed by atoms with van der Waals surface area (Å²) >= 11 is 0. The van der Waals surface area contributed by atoms with Crippen molar-refractivity contribution in [1.29, 1.82) is 0 Å². The highest BCUT2D eigenvalue weighted by molar-refractivity contribution is 6.13. The Kier molecular flexibility index (Phi) is 7.88. The van der Waals surface area contributed by atoms with E-state index in [1.54, 1.807) is 11.9 Å². The summed E-state index contributed by atoms with van der Waals surface area (Å²) in [6.07, 6.45) is 1.08. The van der Waals surface area contributed by atoms with E-state index in [1.165, 1.54) is 5.01 Å². The number of nitrogens with zero attached hydrogens (tertiary/aromatic N) is 3. The van der Waals surface area contributed by atoms with Gasteiger partial charge in [-0.25, -0.2) is 5.01 Å². The summed E-state index contributed by atoms with van der Waals surface area (Å²) in [5, 5.41) is 9.31. The van der Waals surface area contributed by atoms with Crippen molar-refractivity contribution >= 4 is 17.5 Å². The van der Waals surface area contributed by atoms with Gasteiger partial charge in [-0.1, -0.05) is 60.7 Å². The molecule has 8 heteroatoms. The SMILES string of the molecule is CN1N=C2CCN(C(=O)[C@@H](COCc3ccccc3)NCC(C)(C)N)C[C@@]2(Cc2ccccc2)C1=O. The predicted octanol–water partition coefficient (Wildman–Crippen LogP) is 2.19. The largest absolute Gasteiger partial charge is 0.375 e. The van der Waals surface area contributed by atoms with Crippen LogP contribution in [0.4, 0.5) is 0 Å². The summed E-state index contributed by atoms with van der Waals surface area (Å²) in [5.41, 5.74) is 7.82. The van der Waals surface area contributed by atoms with Crippen molar-refractivity contribution in [2.45, 2.75) is 44.9 Å². The highest BCUT2D eigenvalue weighted by atomic mass is 16.5. The molecule has 2 amide bonds. The predicted molar refractivity (Wildman–Crippen MR) is 140 cm³/mol. The third-order valence-electron chi connectivity index (χ3n) is 6.76. The Morgan fingerprint density at radius 2 is 1.78 bits per heavy atom. The number of nitrogens with two attached hydrogens (primary N) is 1. The molecule has 0 radical (unpaired) electrons. The van der Waals surface area contributed by atoms with E-state index in [1.807, 2.05) is 74.5 Å². The van der Waals surface area contributed by atoms with Gasteiger partial charge in [-0.2, -0.15) is 5.10 Å². The molecule has 2 aromatic carbocycles. The normalized spacial score (nSPS) is 20.8. The van der Waals surface area contributed by atoms with E-state index >= 15 is 0 Å². The van der Waals surface area contributed by atoms with Crippen LogP contribution in [0.2, 0.25) is 0 Å². The lowest BCUT2D eigenvalue weighted by atomic mass is 9.73. The topological polar surface area (TPSA) is 100 Å². The zero-order valence-electron chi connectivity index (χ0n) is 21.4. The third-order valence-corrected chi connectivity index (χ3v) is 6.76.